The van der Waals surface area contributed by atoms with E-state index in [4.69, 9.17) is 9.47 Å². The summed E-state index contributed by atoms with van der Waals surface area (Å²) in [4.78, 5) is 38.9. The predicted octanol–water partition coefficient (Wildman–Crippen LogP) is -0.743. The molecule has 112 valence electrons. The summed E-state index contributed by atoms with van der Waals surface area (Å²) in [5.41, 5.74) is 0. The Labute approximate surface area is 115 Å². The molecule has 20 heavy (non-hydrogen) atoms. The number of rotatable bonds is 4. The summed E-state index contributed by atoms with van der Waals surface area (Å²) in [6.45, 7) is 0.934. The highest BCUT2D eigenvalue weighted by Crippen LogP contribution is 2.33. The standard InChI is InChI=1S/C10H16N4O6/c1-6(15)13-8-7(11(4-19-2)9(13)16)12(5-20-3)10(17)14(8)18/h7-8,18H,4-5H2,1-3H3. The number of imide groups is 1. The number of hydroxylamine groups is 2. The summed E-state index contributed by atoms with van der Waals surface area (Å²) in [6, 6.07) is -1.39. The van der Waals surface area contributed by atoms with Gasteiger partial charge in [-0.25, -0.2) is 14.5 Å². The minimum atomic E-state index is -1.11. The van der Waals surface area contributed by atoms with Gasteiger partial charge in [0.05, 0.1) is 0 Å². The number of urea groups is 2. The maximum atomic E-state index is 12.2. The molecule has 2 heterocycles. The Hall–Kier alpha value is -1.91. The number of hydrogen-bond acceptors (Lipinski definition) is 6. The average Bonchev–Trinajstić information content (AvgIpc) is 2.79. The van der Waals surface area contributed by atoms with Crippen molar-refractivity contribution in [3.05, 3.63) is 0 Å². The van der Waals surface area contributed by atoms with Gasteiger partial charge in [0.25, 0.3) is 0 Å². The highest BCUT2D eigenvalue weighted by molar-refractivity contribution is 5.97. The van der Waals surface area contributed by atoms with Crippen molar-refractivity contribution in [3.8, 4) is 0 Å². The quantitative estimate of drug-likeness (QED) is 0.683. The molecule has 10 heteroatoms. The lowest BCUT2D eigenvalue weighted by Crippen LogP contribution is -2.48. The molecule has 0 aromatic heterocycles. The maximum absolute atomic E-state index is 12.2. The molecule has 10 nitrogen and oxygen atoms in total. The molecule has 0 saturated carbocycles. The lowest BCUT2D eigenvalue weighted by Gasteiger charge is -2.27. The van der Waals surface area contributed by atoms with Crippen LogP contribution in [0.5, 0.6) is 0 Å². The summed E-state index contributed by atoms with van der Waals surface area (Å²) in [6.07, 6.45) is -1.97. The molecule has 2 aliphatic heterocycles. The molecule has 0 spiro atoms. The molecule has 0 bridgehead atoms. The Kier molecular flexibility index (Phi) is 3.79. The van der Waals surface area contributed by atoms with Gasteiger partial charge in [-0.05, 0) is 0 Å². The molecule has 2 saturated heterocycles. The smallest absolute Gasteiger partial charge is 0.349 e. The summed E-state index contributed by atoms with van der Waals surface area (Å²) < 4.78 is 9.81. The van der Waals surface area contributed by atoms with E-state index < -0.39 is 30.3 Å². The van der Waals surface area contributed by atoms with Crippen LogP contribution in [0, 0.1) is 0 Å². The van der Waals surface area contributed by atoms with E-state index in [1.807, 2.05) is 0 Å². The van der Waals surface area contributed by atoms with Crippen LogP contribution in [0.2, 0.25) is 0 Å². The second kappa shape index (κ2) is 5.23. The molecule has 2 atom stereocenters. The summed E-state index contributed by atoms with van der Waals surface area (Å²) in [5.74, 6) is -0.574. The largest absolute Gasteiger partial charge is 0.364 e. The number of amides is 5. The van der Waals surface area contributed by atoms with Crippen LogP contribution in [0.1, 0.15) is 6.92 Å². The summed E-state index contributed by atoms with van der Waals surface area (Å²) >= 11 is 0. The van der Waals surface area contributed by atoms with Gasteiger partial charge in [0.1, 0.15) is 13.5 Å². The van der Waals surface area contributed by atoms with E-state index >= 15 is 0 Å². The Morgan fingerprint density at radius 1 is 1.10 bits per heavy atom. The van der Waals surface area contributed by atoms with Gasteiger partial charge in [0, 0.05) is 21.1 Å². The number of fused-ring (bicyclic) bond motifs is 1. The SMILES string of the molecule is COCN1C(=O)N(O)C2C1N(COC)C(=O)N2C(C)=O. The van der Waals surface area contributed by atoms with Gasteiger partial charge in [0.15, 0.2) is 12.3 Å². The highest BCUT2D eigenvalue weighted by atomic mass is 16.5. The number of nitrogens with zero attached hydrogens (tertiary/aromatic N) is 4. The zero-order chi connectivity index (χ0) is 15.0. The van der Waals surface area contributed by atoms with E-state index in [-0.39, 0.29) is 13.5 Å². The van der Waals surface area contributed by atoms with Gasteiger partial charge in [0.2, 0.25) is 5.91 Å². The zero-order valence-electron chi connectivity index (χ0n) is 11.3. The molecule has 2 aliphatic rings. The van der Waals surface area contributed by atoms with Crippen LogP contribution < -0.4 is 0 Å². The lowest BCUT2D eigenvalue weighted by molar-refractivity contribution is -0.140. The van der Waals surface area contributed by atoms with Crippen molar-refractivity contribution in [2.45, 2.75) is 19.3 Å². The van der Waals surface area contributed by atoms with Crippen LogP contribution >= 0.6 is 0 Å². The van der Waals surface area contributed by atoms with E-state index in [1.54, 1.807) is 0 Å². The predicted molar refractivity (Wildman–Crippen MR) is 61.9 cm³/mol. The van der Waals surface area contributed by atoms with Crippen LogP contribution in [0.15, 0.2) is 0 Å². The zero-order valence-corrected chi connectivity index (χ0v) is 11.3. The number of ether oxygens (including phenoxy) is 2. The Bertz CT molecular complexity index is 443. The third-order valence-electron chi connectivity index (χ3n) is 3.19. The molecule has 0 aliphatic carbocycles. The van der Waals surface area contributed by atoms with Crippen molar-refractivity contribution >= 4 is 18.0 Å². The molecule has 5 amide bonds. The van der Waals surface area contributed by atoms with Crippen molar-refractivity contribution in [3.63, 3.8) is 0 Å². The molecule has 2 fully saturated rings. The van der Waals surface area contributed by atoms with Crippen molar-refractivity contribution in [2.24, 2.45) is 0 Å². The van der Waals surface area contributed by atoms with Crippen LogP contribution in [-0.4, -0.2) is 83.0 Å². The molecule has 0 radical (unpaired) electrons. The van der Waals surface area contributed by atoms with Gasteiger partial charge >= 0.3 is 12.1 Å². The second-order valence-corrected chi connectivity index (χ2v) is 4.40. The first kappa shape index (κ1) is 14.5. The molecular weight excluding hydrogens is 272 g/mol. The van der Waals surface area contributed by atoms with Crippen LogP contribution in [0.4, 0.5) is 9.59 Å². The first-order valence-corrected chi connectivity index (χ1v) is 5.82. The maximum Gasteiger partial charge on any atom is 0.349 e. The van der Waals surface area contributed by atoms with E-state index in [2.05, 4.69) is 0 Å². The number of hydrogen-bond donors (Lipinski definition) is 1. The van der Waals surface area contributed by atoms with E-state index in [0.717, 1.165) is 9.80 Å². The number of carbonyl (C=O) groups is 3. The third-order valence-corrected chi connectivity index (χ3v) is 3.19. The molecular formula is C10H16N4O6. The van der Waals surface area contributed by atoms with E-state index in [1.165, 1.54) is 26.0 Å². The van der Waals surface area contributed by atoms with Crippen LogP contribution in [-0.2, 0) is 14.3 Å². The van der Waals surface area contributed by atoms with Crippen molar-refractivity contribution in [1.82, 2.24) is 19.8 Å². The topological polar surface area (TPSA) is 103 Å². The monoisotopic (exact) mass is 288 g/mol. The number of methoxy groups -OCH3 is 2. The summed E-state index contributed by atoms with van der Waals surface area (Å²) in [7, 11) is 2.76. The van der Waals surface area contributed by atoms with E-state index in [9.17, 15) is 19.6 Å². The molecule has 2 rings (SSSR count). The fraction of sp³-hybridized carbons (Fsp3) is 0.700. The highest BCUT2D eigenvalue weighted by Gasteiger charge is 2.60. The molecule has 0 aromatic carbocycles. The molecule has 0 aromatic rings. The van der Waals surface area contributed by atoms with Crippen LogP contribution in [0.25, 0.3) is 0 Å². The Morgan fingerprint density at radius 2 is 1.60 bits per heavy atom. The minimum Gasteiger partial charge on any atom is -0.364 e. The van der Waals surface area contributed by atoms with Gasteiger partial charge in [-0.15, -0.1) is 0 Å². The Morgan fingerprint density at radius 3 is 2.05 bits per heavy atom. The normalized spacial score (nSPS) is 25.8. The van der Waals surface area contributed by atoms with E-state index in [0.29, 0.717) is 5.06 Å². The summed E-state index contributed by atoms with van der Waals surface area (Å²) in [5, 5.41) is 10.2. The first-order chi connectivity index (χ1) is 9.45. The fourth-order valence-electron chi connectivity index (χ4n) is 2.44. The Balaban J connectivity index is 2.41. The van der Waals surface area contributed by atoms with Crippen LogP contribution in [0.3, 0.4) is 0 Å². The number of carbonyl (C=O) groups excluding carboxylic acids is 3. The van der Waals surface area contributed by atoms with Gasteiger partial charge in [-0.2, -0.15) is 5.06 Å². The third kappa shape index (κ3) is 1.88. The van der Waals surface area contributed by atoms with Gasteiger partial charge in [-0.3, -0.25) is 19.8 Å². The fourth-order valence-corrected chi connectivity index (χ4v) is 2.44. The lowest BCUT2D eigenvalue weighted by atomic mass is 10.3. The minimum absolute atomic E-state index is 0.120. The molecule has 1 N–H and O–H groups in total. The average molecular weight is 288 g/mol. The van der Waals surface area contributed by atoms with Crippen molar-refractivity contribution in [2.75, 3.05) is 27.7 Å². The molecule has 2 unspecified atom stereocenters. The van der Waals surface area contributed by atoms with Gasteiger partial charge < -0.3 is 9.47 Å². The first-order valence-electron chi connectivity index (χ1n) is 5.82. The van der Waals surface area contributed by atoms with Crippen molar-refractivity contribution < 1.29 is 29.1 Å². The second-order valence-electron chi connectivity index (χ2n) is 4.40. The van der Waals surface area contributed by atoms with Crippen molar-refractivity contribution in [1.29, 1.82) is 0 Å². The van der Waals surface area contributed by atoms with Gasteiger partial charge in [-0.1, -0.05) is 0 Å².